The van der Waals surface area contributed by atoms with Crippen molar-refractivity contribution in [3.8, 4) is 11.3 Å². The van der Waals surface area contributed by atoms with Crippen LogP contribution in [0.2, 0.25) is 0 Å². The molecule has 1 unspecified atom stereocenters. The van der Waals surface area contributed by atoms with E-state index in [9.17, 15) is 4.79 Å². The van der Waals surface area contributed by atoms with Crippen LogP contribution < -0.4 is 0 Å². The van der Waals surface area contributed by atoms with E-state index in [1.54, 1.807) is 4.90 Å². The number of amides is 1. The fourth-order valence-corrected chi connectivity index (χ4v) is 2.77. The van der Waals surface area contributed by atoms with Crippen LogP contribution in [0.15, 0.2) is 54.6 Å². The number of aromatic nitrogens is 2. The second kappa shape index (κ2) is 7.43. The van der Waals surface area contributed by atoms with Gasteiger partial charge in [0, 0.05) is 18.7 Å². The fraction of sp³-hybridized carbons (Fsp3) is 0.286. The predicted octanol–water partition coefficient (Wildman–Crippen LogP) is 4.10. The van der Waals surface area contributed by atoms with Crippen molar-refractivity contribution < 1.29 is 4.79 Å². The molecule has 3 aromatic rings. The van der Waals surface area contributed by atoms with Crippen molar-refractivity contribution in [1.29, 1.82) is 0 Å². The zero-order valence-electron chi connectivity index (χ0n) is 14.9. The minimum absolute atomic E-state index is 0.0658. The van der Waals surface area contributed by atoms with Crippen molar-refractivity contribution >= 4 is 16.9 Å². The Morgan fingerprint density at radius 3 is 2.24 bits per heavy atom. The summed E-state index contributed by atoms with van der Waals surface area (Å²) in [5.74, 6) is 0.0658. The van der Waals surface area contributed by atoms with Crippen LogP contribution in [0, 0.1) is 0 Å². The van der Waals surface area contributed by atoms with E-state index < -0.39 is 0 Å². The number of nitrogens with zero attached hydrogens (tertiary/aromatic N) is 3. The number of carbonyl (C=O) groups excluding carboxylic acids is 1. The van der Waals surface area contributed by atoms with Crippen LogP contribution in [-0.4, -0.2) is 33.9 Å². The smallest absolute Gasteiger partial charge is 0.228 e. The molecule has 0 spiro atoms. The molecule has 0 fully saturated rings. The molecule has 4 nitrogen and oxygen atoms in total. The number of para-hydroxylation sites is 2. The van der Waals surface area contributed by atoms with Crippen LogP contribution in [0.1, 0.15) is 26.0 Å². The van der Waals surface area contributed by atoms with Gasteiger partial charge in [-0.3, -0.25) is 4.79 Å². The molecule has 2 aromatic carbocycles. The largest absolute Gasteiger partial charge is 0.343 e. The topological polar surface area (TPSA) is 46.1 Å². The average Bonchev–Trinajstić information content (AvgIpc) is 2.66. The third kappa shape index (κ3) is 3.68. The summed E-state index contributed by atoms with van der Waals surface area (Å²) in [6, 6.07) is 17.9. The van der Waals surface area contributed by atoms with Crippen molar-refractivity contribution in [2.75, 3.05) is 7.05 Å². The fourth-order valence-electron chi connectivity index (χ4n) is 2.77. The van der Waals surface area contributed by atoms with Gasteiger partial charge in [0.1, 0.15) is 0 Å². The van der Waals surface area contributed by atoms with E-state index in [4.69, 9.17) is 9.97 Å². The van der Waals surface area contributed by atoms with Crippen molar-refractivity contribution in [1.82, 2.24) is 14.9 Å². The zero-order valence-corrected chi connectivity index (χ0v) is 14.9. The van der Waals surface area contributed by atoms with Gasteiger partial charge in [0.15, 0.2) is 0 Å². The summed E-state index contributed by atoms with van der Waals surface area (Å²) in [5, 5.41) is 0. The molecule has 0 aliphatic carbocycles. The highest BCUT2D eigenvalue weighted by Crippen LogP contribution is 2.24. The lowest BCUT2D eigenvalue weighted by molar-refractivity contribution is -0.131. The van der Waals surface area contributed by atoms with Crippen LogP contribution in [0.25, 0.3) is 22.3 Å². The molecule has 1 atom stereocenters. The normalized spacial score (nSPS) is 12.1. The summed E-state index contributed by atoms with van der Waals surface area (Å²) >= 11 is 0. The molecule has 0 bridgehead atoms. The van der Waals surface area contributed by atoms with Gasteiger partial charge in [0.05, 0.1) is 28.8 Å². The van der Waals surface area contributed by atoms with Crippen LogP contribution in [-0.2, 0) is 11.2 Å². The van der Waals surface area contributed by atoms with E-state index in [2.05, 4.69) is 13.8 Å². The SMILES string of the molecule is CCC(C)N(C)C(=O)Cc1nc2ccccc2nc1-c1ccccc1. The first kappa shape index (κ1) is 17.1. The monoisotopic (exact) mass is 333 g/mol. The first-order valence-electron chi connectivity index (χ1n) is 8.67. The van der Waals surface area contributed by atoms with E-state index in [-0.39, 0.29) is 18.4 Å². The van der Waals surface area contributed by atoms with Gasteiger partial charge in [0.2, 0.25) is 5.91 Å². The first-order chi connectivity index (χ1) is 12.1. The lowest BCUT2D eigenvalue weighted by Crippen LogP contribution is -2.36. The summed E-state index contributed by atoms with van der Waals surface area (Å²) in [7, 11) is 1.85. The second-order valence-electron chi connectivity index (χ2n) is 6.31. The molecular weight excluding hydrogens is 310 g/mol. The van der Waals surface area contributed by atoms with Gasteiger partial charge in [-0.1, -0.05) is 49.4 Å². The van der Waals surface area contributed by atoms with Crippen LogP contribution in [0.5, 0.6) is 0 Å². The van der Waals surface area contributed by atoms with Crippen molar-refractivity contribution in [2.45, 2.75) is 32.7 Å². The Balaban J connectivity index is 2.04. The number of fused-ring (bicyclic) bond motifs is 1. The van der Waals surface area contributed by atoms with Gasteiger partial charge in [-0.15, -0.1) is 0 Å². The Hall–Kier alpha value is -2.75. The molecule has 4 heteroatoms. The Kier molecular flexibility index (Phi) is 5.08. The van der Waals surface area contributed by atoms with Gasteiger partial charge in [-0.2, -0.15) is 0 Å². The quantitative estimate of drug-likeness (QED) is 0.706. The summed E-state index contributed by atoms with van der Waals surface area (Å²) in [6.45, 7) is 4.14. The van der Waals surface area contributed by atoms with Crippen molar-refractivity contribution in [3.05, 3.63) is 60.3 Å². The van der Waals surface area contributed by atoms with Crippen LogP contribution >= 0.6 is 0 Å². The lowest BCUT2D eigenvalue weighted by Gasteiger charge is -2.24. The van der Waals surface area contributed by atoms with E-state index >= 15 is 0 Å². The van der Waals surface area contributed by atoms with E-state index in [0.717, 1.165) is 34.4 Å². The van der Waals surface area contributed by atoms with Gasteiger partial charge >= 0.3 is 0 Å². The average molecular weight is 333 g/mol. The standard InChI is InChI=1S/C21H23N3O/c1-4-15(2)24(3)20(25)14-19-21(16-10-6-5-7-11-16)23-18-13-9-8-12-17(18)22-19/h5-13,15H,4,14H2,1-3H3. The number of benzene rings is 2. The highest BCUT2D eigenvalue weighted by atomic mass is 16.2. The molecule has 0 saturated heterocycles. The van der Waals surface area contributed by atoms with Gasteiger partial charge < -0.3 is 4.90 Å². The van der Waals surface area contributed by atoms with Gasteiger partial charge in [0.25, 0.3) is 0 Å². The molecule has 0 saturated carbocycles. The molecule has 1 aromatic heterocycles. The summed E-state index contributed by atoms with van der Waals surface area (Å²) < 4.78 is 0. The third-order valence-corrected chi connectivity index (χ3v) is 4.65. The van der Waals surface area contributed by atoms with Crippen LogP contribution in [0.4, 0.5) is 0 Å². The third-order valence-electron chi connectivity index (χ3n) is 4.65. The molecule has 0 aliphatic heterocycles. The van der Waals surface area contributed by atoms with Crippen LogP contribution in [0.3, 0.4) is 0 Å². The van der Waals surface area contributed by atoms with E-state index in [0.29, 0.717) is 0 Å². The Morgan fingerprint density at radius 2 is 1.60 bits per heavy atom. The van der Waals surface area contributed by atoms with Crippen molar-refractivity contribution in [3.63, 3.8) is 0 Å². The highest BCUT2D eigenvalue weighted by Gasteiger charge is 2.19. The minimum atomic E-state index is 0.0658. The van der Waals surface area contributed by atoms with E-state index in [1.807, 2.05) is 61.6 Å². The number of rotatable bonds is 5. The molecule has 1 heterocycles. The second-order valence-corrected chi connectivity index (χ2v) is 6.31. The molecular formula is C21H23N3O. The zero-order chi connectivity index (χ0) is 17.8. The van der Waals surface area contributed by atoms with Gasteiger partial charge in [-0.25, -0.2) is 9.97 Å². The Labute approximate surface area is 148 Å². The number of hydrogen-bond donors (Lipinski definition) is 0. The maximum Gasteiger partial charge on any atom is 0.228 e. The first-order valence-corrected chi connectivity index (χ1v) is 8.67. The summed E-state index contributed by atoms with van der Waals surface area (Å²) in [6.07, 6.45) is 1.18. The summed E-state index contributed by atoms with van der Waals surface area (Å²) in [5.41, 5.74) is 4.15. The van der Waals surface area contributed by atoms with Crippen molar-refractivity contribution in [2.24, 2.45) is 0 Å². The number of carbonyl (C=O) groups is 1. The molecule has 3 rings (SSSR count). The Bertz CT molecular complexity index is 877. The van der Waals surface area contributed by atoms with E-state index in [1.165, 1.54) is 0 Å². The summed E-state index contributed by atoms with van der Waals surface area (Å²) in [4.78, 5) is 24.0. The lowest BCUT2D eigenvalue weighted by atomic mass is 10.1. The number of likely N-dealkylation sites (N-methyl/N-ethyl adjacent to an activating group) is 1. The maximum atomic E-state index is 12.7. The minimum Gasteiger partial charge on any atom is -0.343 e. The molecule has 128 valence electrons. The molecule has 0 N–H and O–H groups in total. The van der Waals surface area contributed by atoms with Gasteiger partial charge in [-0.05, 0) is 25.5 Å². The predicted molar refractivity (Wildman–Crippen MR) is 101 cm³/mol. The maximum absolute atomic E-state index is 12.7. The molecule has 0 radical (unpaired) electrons. The highest BCUT2D eigenvalue weighted by molar-refractivity contribution is 5.83. The Morgan fingerprint density at radius 1 is 1.00 bits per heavy atom. The molecule has 0 aliphatic rings. The molecule has 1 amide bonds. The number of hydrogen-bond acceptors (Lipinski definition) is 3. The molecule has 25 heavy (non-hydrogen) atoms.